The van der Waals surface area contributed by atoms with E-state index in [4.69, 9.17) is 9.84 Å². The molecule has 0 bridgehead atoms. The van der Waals surface area contributed by atoms with Crippen molar-refractivity contribution in [2.45, 2.75) is 19.3 Å². The number of aryl methyl sites for hydroxylation is 1. The fourth-order valence-electron chi connectivity index (χ4n) is 1.75. The van der Waals surface area contributed by atoms with Gasteiger partial charge < -0.3 is 9.84 Å². The fraction of sp³-hybridized carbons (Fsp3) is 0.455. The van der Waals surface area contributed by atoms with Crippen molar-refractivity contribution >= 4 is 0 Å². The maximum Gasteiger partial charge on any atom is 0.125 e. The molecule has 0 aliphatic carbocycles. The Morgan fingerprint density at radius 2 is 2.31 bits per heavy atom. The van der Waals surface area contributed by atoms with Crippen LogP contribution in [0.5, 0.6) is 5.75 Å². The monoisotopic (exact) mass is 178 g/mol. The third-order valence-corrected chi connectivity index (χ3v) is 2.40. The van der Waals surface area contributed by atoms with Gasteiger partial charge in [0.05, 0.1) is 6.61 Å². The molecule has 0 fully saturated rings. The Labute approximate surface area is 78.2 Å². The van der Waals surface area contributed by atoms with Gasteiger partial charge in [0.15, 0.2) is 0 Å². The molecule has 0 atom stereocenters. The SMILES string of the molecule is OCCCc1cccc2c1OCC2. The van der Waals surface area contributed by atoms with Crippen LogP contribution in [0.1, 0.15) is 17.5 Å². The number of rotatable bonds is 3. The number of fused-ring (bicyclic) bond motifs is 1. The van der Waals surface area contributed by atoms with Crippen LogP contribution in [-0.2, 0) is 12.8 Å². The van der Waals surface area contributed by atoms with Gasteiger partial charge in [0.2, 0.25) is 0 Å². The Morgan fingerprint density at radius 3 is 3.15 bits per heavy atom. The first kappa shape index (κ1) is 8.57. The summed E-state index contributed by atoms with van der Waals surface area (Å²) in [6, 6.07) is 6.27. The number of hydrogen-bond acceptors (Lipinski definition) is 2. The van der Waals surface area contributed by atoms with Gasteiger partial charge in [-0.15, -0.1) is 0 Å². The number of aliphatic hydroxyl groups is 1. The quantitative estimate of drug-likeness (QED) is 0.761. The summed E-state index contributed by atoms with van der Waals surface area (Å²) in [7, 11) is 0. The predicted molar refractivity (Wildman–Crippen MR) is 51.0 cm³/mol. The molecule has 1 aromatic rings. The van der Waals surface area contributed by atoms with E-state index in [2.05, 4.69) is 18.2 Å². The van der Waals surface area contributed by atoms with E-state index >= 15 is 0 Å². The molecule has 1 aliphatic heterocycles. The highest BCUT2D eigenvalue weighted by Crippen LogP contribution is 2.29. The van der Waals surface area contributed by atoms with Crippen LogP contribution in [0, 0.1) is 0 Å². The van der Waals surface area contributed by atoms with Crippen molar-refractivity contribution in [3.8, 4) is 5.75 Å². The van der Waals surface area contributed by atoms with E-state index in [9.17, 15) is 0 Å². The minimum absolute atomic E-state index is 0.254. The highest BCUT2D eigenvalue weighted by atomic mass is 16.5. The second kappa shape index (κ2) is 3.79. The summed E-state index contributed by atoms with van der Waals surface area (Å²) in [6.07, 6.45) is 2.77. The Hall–Kier alpha value is -1.02. The maximum absolute atomic E-state index is 8.74. The molecule has 1 aliphatic rings. The van der Waals surface area contributed by atoms with Crippen molar-refractivity contribution in [1.29, 1.82) is 0 Å². The number of hydrogen-bond donors (Lipinski definition) is 1. The zero-order chi connectivity index (χ0) is 9.10. The Balaban J connectivity index is 2.20. The zero-order valence-electron chi connectivity index (χ0n) is 7.62. The molecule has 2 nitrogen and oxygen atoms in total. The number of benzene rings is 1. The lowest BCUT2D eigenvalue weighted by molar-refractivity contribution is 0.287. The molecule has 0 saturated carbocycles. The topological polar surface area (TPSA) is 29.5 Å². The first-order valence-corrected chi connectivity index (χ1v) is 4.76. The van der Waals surface area contributed by atoms with E-state index in [0.29, 0.717) is 0 Å². The molecular weight excluding hydrogens is 164 g/mol. The van der Waals surface area contributed by atoms with E-state index in [-0.39, 0.29) is 6.61 Å². The molecule has 1 heterocycles. The summed E-state index contributed by atoms with van der Waals surface area (Å²) in [5.41, 5.74) is 2.56. The van der Waals surface area contributed by atoms with Crippen molar-refractivity contribution in [2.24, 2.45) is 0 Å². The molecule has 0 aromatic heterocycles. The molecule has 70 valence electrons. The van der Waals surface area contributed by atoms with Crippen molar-refractivity contribution in [1.82, 2.24) is 0 Å². The highest BCUT2D eigenvalue weighted by Gasteiger charge is 2.14. The predicted octanol–water partition coefficient (Wildman–Crippen LogP) is 1.55. The smallest absolute Gasteiger partial charge is 0.125 e. The normalized spacial score (nSPS) is 13.9. The van der Waals surface area contributed by atoms with E-state index < -0.39 is 0 Å². The largest absolute Gasteiger partial charge is 0.493 e. The Bertz CT molecular complexity index is 294. The van der Waals surface area contributed by atoms with Gasteiger partial charge in [0.25, 0.3) is 0 Å². The van der Waals surface area contributed by atoms with Gasteiger partial charge in [-0.05, 0) is 24.0 Å². The van der Waals surface area contributed by atoms with Gasteiger partial charge in [-0.25, -0.2) is 0 Å². The minimum atomic E-state index is 0.254. The molecule has 1 N–H and O–H groups in total. The van der Waals surface area contributed by atoms with Crippen molar-refractivity contribution in [2.75, 3.05) is 13.2 Å². The van der Waals surface area contributed by atoms with E-state index in [1.54, 1.807) is 0 Å². The summed E-state index contributed by atoms with van der Waals surface area (Å²) in [4.78, 5) is 0. The van der Waals surface area contributed by atoms with E-state index in [1.165, 1.54) is 11.1 Å². The van der Waals surface area contributed by atoms with Crippen LogP contribution in [0.15, 0.2) is 18.2 Å². The molecule has 0 saturated heterocycles. The van der Waals surface area contributed by atoms with Crippen LogP contribution in [0.4, 0.5) is 0 Å². The van der Waals surface area contributed by atoms with Crippen LogP contribution >= 0.6 is 0 Å². The average molecular weight is 178 g/mol. The second-order valence-electron chi connectivity index (χ2n) is 3.33. The molecule has 0 unspecified atom stereocenters. The summed E-state index contributed by atoms with van der Waals surface area (Å²) in [5.74, 6) is 1.07. The van der Waals surface area contributed by atoms with E-state index in [0.717, 1.165) is 31.6 Å². The zero-order valence-corrected chi connectivity index (χ0v) is 7.62. The van der Waals surface area contributed by atoms with Crippen molar-refractivity contribution < 1.29 is 9.84 Å². The summed E-state index contributed by atoms with van der Waals surface area (Å²) >= 11 is 0. The lowest BCUT2D eigenvalue weighted by Crippen LogP contribution is -1.93. The number of ether oxygens (including phenoxy) is 1. The fourth-order valence-corrected chi connectivity index (χ4v) is 1.75. The maximum atomic E-state index is 8.74. The molecule has 0 spiro atoms. The van der Waals surface area contributed by atoms with Crippen LogP contribution in [0.2, 0.25) is 0 Å². The Kier molecular flexibility index (Phi) is 2.50. The molecule has 2 rings (SSSR count). The summed E-state index contributed by atoms with van der Waals surface area (Å²) < 4.78 is 5.54. The lowest BCUT2D eigenvalue weighted by Gasteiger charge is -2.06. The van der Waals surface area contributed by atoms with Gasteiger partial charge >= 0.3 is 0 Å². The van der Waals surface area contributed by atoms with Gasteiger partial charge in [-0.3, -0.25) is 0 Å². The number of para-hydroxylation sites is 1. The third-order valence-electron chi connectivity index (χ3n) is 2.40. The van der Waals surface area contributed by atoms with E-state index in [1.807, 2.05) is 0 Å². The molecule has 2 heteroatoms. The van der Waals surface area contributed by atoms with Crippen LogP contribution < -0.4 is 4.74 Å². The van der Waals surface area contributed by atoms with Crippen LogP contribution in [-0.4, -0.2) is 18.3 Å². The third kappa shape index (κ3) is 1.68. The molecule has 1 aromatic carbocycles. The minimum Gasteiger partial charge on any atom is -0.493 e. The van der Waals surface area contributed by atoms with Gasteiger partial charge in [-0.1, -0.05) is 18.2 Å². The molecule has 0 radical (unpaired) electrons. The summed E-state index contributed by atoms with van der Waals surface area (Å²) in [5, 5.41) is 8.74. The first-order valence-electron chi connectivity index (χ1n) is 4.76. The first-order chi connectivity index (χ1) is 6.42. The number of aliphatic hydroxyl groups excluding tert-OH is 1. The Morgan fingerprint density at radius 1 is 1.38 bits per heavy atom. The highest BCUT2D eigenvalue weighted by molar-refractivity contribution is 5.43. The summed E-state index contributed by atoms with van der Waals surface area (Å²) in [6.45, 7) is 1.06. The van der Waals surface area contributed by atoms with Crippen LogP contribution in [0.3, 0.4) is 0 Å². The van der Waals surface area contributed by atoms with Crippen LogP contribution in [0.25, 0.3) is 0 Å². The lowest BCUT2D eigenvalue weighted by atomic mass is 10.0. The van der Waals surface area contributed by atoms with Crippen molar-refractivity contribution in [3.63, 3.8) is 0 Å². The molecular formula is C11H14O2. The van der Waals surface area contributed by atoms with Gasteiger partial charge in [-0.2, -0.15) is 0 Å². The molecule has 0 amide bonds. The van der Waals surface area contributed by atoms with Gasteiger partial charge in [0, 0.05) is 13.0 Å². The van der Waals surface area contributed by atoms with Crippen molar-refractivity contribution in [3.05, 3.63) is 29.3 Å². The average Bonchev–Trinajstić information content (AvgIpc) is 2.62. The molecule has 13 heavy (non-hydrogen) atoms. The van der Waals surface area contributed by atoms with Gasteiger partial charge in [0.1, 0.15) is 5.75 Å². The standard InChI is InChI=1S/C11H14O2/c12-7-2-5-9-3-1-4-10-6-8-13-11(9)10/h1,3-4,12H,2,5-8H2. The second-order valence-corrected chi connectivity index (χ2v) is 3.33.